The van der Waals surface area contributed by atoms with E-state index < -0.39 is 0 Å². The second kappa shape index (κ2) is 3.30. The fraction of sp³-hybridized carbons (Fsp3) is 0.556. The number of nitrogen functional groups attached to an aromatic ring is 1. The number of hydrogen-bond acceptors (Lipinski definition) is 4. The van der Waals surface area contributed by atoms with Crippen LogP contribution in [0.15, 0.2) is 6.07 Å². The number of aryl methyl sites for hydroxylation is 1. The van der Waals surface area contributed by atoms with Crippen LogP contribution < -0.4 is 11.3 Å². The smallest absolute Gasteiger partial charge is 0.143 e. The fourth-order valence-corrected chi connectivity index (χ4v) is 1.38. The Morgan fingerprint density at radius 2 is 2.31 bits per heavy atom. The van der Waals surface area contributed by atoms with Gasteiger partial charge in [-0.1, -0.05) is 0 Å². The van der Waals surface area contributed by atoms with Crippen LogP contribution in [0.2, 0.25) is 0 Å². The van der Waals surface area contributed by atoms with Gasteiger partial charge in [-0.25, -0.2) is 15.8 Å². The van der Waals surface area contributed by atoms with Gasteiger partial charge in [0.2, 0.25) is 0 Å². The number of nitrogens with one attached hydrogen (secondary N) is 1. The van der Waals surface area contributed by atoms with E-state index in [1.165, 1.54) is 12.8 Å². The number of anilines is 1. The van der Waals surface area contributed by atoms with Crippen molar-refractivity contribution in [3.63, 3.8) is 0 Å². The van der Waals surface area contributed by atoms with Crippen molar-refractivity contribution in [3.8, 4) is 0 Å². The standard InChI is InChI=1S/C9H14N4/c1-6-4-9(13-10)12-8(11-6)5-7-2-3-7/h4,7H,2-3,5,10H2,1H3,(H,11,12,13). The SMILES string of the molecule is Cc1cc(NN)nc(CC2CC2)n1. The molecular weight excluding hydrogens is 164 g/mol. The highest BCUT2D eigenvalue weighted by Crippen LogP contribution is 2.31. The lowest BCUT2D eigenvalue weighted by atomic mass is 10.2. The summed E-state index contributed by atoms with van der Waals surface area (Å²) in [6.45, 7) is 1.96. The van der Waals surface area contributed by atoms with Gasteiger partial charge in [0.1, 0.15) is 11.6 Å². The van der Waals surface area contributed by atoms with E-state index >= 15 is 0 Å². The molecule has 4 nitrogen and oxygen atoms in total. The number of nitrogens with two attached hydrogens (primary N) is 1. The fourth-order valence-electron chi connectivity index (χ4n) is 1.38. The lowest BCUT2D eigenvalue weighted by molar-refractivity contribution is 0.764. The first kappa shape index (κ1) is 8.44. The van der Waals surface area contributed by atoms with E-state index in [9.17, 15) is 0 Å². The van der Waals surface area contributed by atoms with Gasteiger partial charge >= 0.3 is 0 Å². The molecule has 1 aliphatic rings. The van der Waals surface area contributed by atoms with Crippen LogP contribution in [0, 0.1) is 12.8 Å². The van der Waals surface area contributed by atoms with Gasteiger partial charge in [-0.15, -0.1) is 0 Å². The predicted octanol–water partition coefficient (Wildman–Crippen LogP) is 1.02. The molecule has 1 aromatic rings. The number of hydrazine groups is 1. The van der Waals surface area contributed by atoms with Crippen LogP contribution in [0.5, 0.6) is 0 Å². The summed E-state index contributed by atoms with van der Waals surface area (Å²) in [6, 6.07) is 1.84. The minimum atomic E-state index is 0.711. The number of rotatable bonds is 3. The van der Waals surface area contributed by atoms with Gasteiger partial charge in [0.25, 0.3) is 0 Å². The number of aromatic nitrogens is 2. The summed E-state index contributed by atoms with van der Waals surface area (Å²) >= 11 is 0. The van der Waals surface area contributed by atoms with Gasteiger partial charge in [0.05, 0.1) is 0 Å². The molecule has 1 fully saturated rings. The van der Waals surface area contributed by atoms with Crippen LogP contribution in [0.1, 0.15) is 24.4 Å². The molecule has 1 aliphatic carbocycles. The van der Waals surface area contributed by atoms with Crippen LogP contribution in [-0.2, 0) is 6.42 Å². The second-order valence-corrected chi connectivity index (χ2v) is 3.60. The van der Waals surface area contributed by atoms with Crippen LogP contribution in [-0.4, -0.2) is 9.97 Å². The van der Waals surface area contributed by atoms with Crippen molar-refractivity contribution in [2.75, 3.05) is 5.43 Å². The maximum Gasteiger partial charge on any atom is 0.143 e. The molecular formula is C9H14N4. The van der Waals surface area contributed by atoms with Crippen molar-refractivity contribution in [2.45, 2.75) is 26.2 Å². The summed E-state index contributed by atoms with van der Waals surface area (Å²) in [4.78, 5) is 8.64. The number of hydrogen-bond donors (Lipinski definition) is 2. The summed E-state index contributed by atoms with van der Waals surface area (Å²) in [5.74, 6) is 7.73. The molecule has 1 saturated carbocycles. The molecule has 1 aromatic heterocycles. The topological polar surface area (TPSA) is 63.8 Å². The summed E-state index contributed by atoms with van der Waals surface area (Å²) in [5, 5.41) is 0. The van der Waals surface area contributed by atoms with Crippen LogP contribution >= 0.6 is 0 Å². The van der Waals surface area contributed by atoms with Gasteiger partial charge < -0.3 is 5.43 Å². The van der Waals surface area contributed by atoms with Gasteiger partial charge in [-0.2, -0.15) is 0 Å². The van der Waals surface area contributed by atoms with Crippen molar-refractivity contribution in [1.82, 2.24) is 9.97 Å². The van der Waals surface area contributed by atoms with Crippen molar-refractivity contribution in [1.29, 1.82) is 0 Å². The average Bonchev–Trinajstić information content (AvgIpc) is 2.87. The van der Waals surface area contributed by atoms with Gasteiger partial charge in [-0.05, 0) is 25.7 Å². The number of nitrogens with zero attached hydrogens (tertiary/aromatic N) is 2. The zero-order valence-electron chi connectivity index (χ0n) is 7.75. The molecule has 2 rings (SSSR count). The lowest BCUT2D eigenvalue weighted by Crippen LogP contribution is -2.11. The van der Waals surface area contributed by atoms with E-state index in [0.29, 0.717) is 5.82 Å². The molecule has 0 aromatic carbocycles. The van der Waals surface area contributed by atoms with Gasteiger partial charge in [0, 0.05) is 18.2 Å². The van der Waals surface area contributed by atoms with Crippen LogP contribution in [0.25, 0.3) is 0 Å². The normalized spacial score (nSPS) is 15.8. The third-order valence-corrected chi connectivity index (χ3v) is 2.22. The predicted molar refractivity (Wildman–Crippen MR) is 51.0 cm³/mol. The molecule has 0 spiro atoms. The maximum atomic E-state index is 5.29. The molecule has 70 valence electrons. The Balaban J connectivity index is 2.17. The van der Waals surface area contributed by atoms with Gasteiger partial charge in [-0.3, -0.25) is 0 Å². The molecule has 13 heavy (non-hydrogen) atoms. The zero-order valence-corrected chi connectivity index (χ0v) is 7.75. The third-order valence-electron chi connectivity index (χ3n) is 2.22. The summed E-state index contributed by atoms with van der Waals surface area (Å²) in [7, 11) is 0. The van der Waals surface area contributed by atoms with Gasteiger partial charge in [0.15, 0.2) is 0 Å². The van der Waals surface area contributed by atoms with Crippen molar-refractivity contribution >= 4 is 5.82 Å². The van der Waals surface area contributed by atoms with E-state index in [1.54, 1.807) is 0 Å². The molecule has 4 heteroatoms. The first-order valence-electron chi connectivity index (χ1n) is 4.59. The highest BCUT2D eigenvalue weighted by atomic mass is 15.3. The van der Waals surface area contributed by atoms with E-state index in [-0.39, 0.29) is 0 Å². The van der Waals surface area contributed by atoms with Crippen molar-refractivity contribution < 1.29 is 0 Å². The van der Waals surface area contributed by atoms with E-state index in [4.69, 9.17) is 5.84 Å². The third kappa shape index (κ3) is 2.15. The quantitative estimate of drug-likeness (QED) is 0.536. The Bertz CT molecular complexity index is 306. The Labute approximate surface area is 77.5 Å². The van der Waals surface area contributed by atoms with Crippen molar-refractivity contribution in [2.24, 2.45) is 11.8 Å². The van der Waals surface area contributed by atoms with E-state index in [1.807, 2.05) is 13.0 Å². The molecule has 0 amide bonds. The molecule has 0 bridgehead atoms. The summed E-state index contributed by atoms with van der Waals surface area (Å²) in [5.41, 5.74) is 3.52. The van der Waals surface area contributed by atoms with Crippen molar-refractivity contribution in [3.05, 3.63) is 17.6 Å². The molecule has 0 saturated heterocycles. The Morgan fingerprint density at radius 3 is 2.92 bits per heavy atom. The lowest BCUT2D eigenvalue weighted by Gasteiger charge is -2.03. The monoisotopic (exact) mass is 178 g/mol. The minimum absolute atomic E-state index is 0.711. The first-order chi connectivity index (χ1) is 6.28. The molecule has 0 aliphatic heterocycles. The summed E-state index contributed by atoms with van der Waals surface area (Å²) in [6.07, 6.45) is 3.64. The van der Waals surface area contributed by atoms with Crippen LogP contribution in [0.3, 0.4) is 0 Å². The Morgan fingerprint density at radius 1 is 1.54 bits per heavy atom. The Hall–Kier alpha value is -1.16. The minimum Gasteiger partial charge on any atom is -0.308 e. The van der Waals surface area contributed by atoms with E-state index in [2.05, 4.69) is 15.4 Å². The highest BCUT2D eigenvalue weighted by Gasteiger charge is 2.22. The molecule has 1 heterocycles. The average molecular weight is 178 g/mol. The maximum absolute atomic E-state index is 5.29. The largest absolute Gasteiger partial charge is 0.308 e. The van der Waals surface area contributed by atoms with E-state index in [0.717, 1.165) is 23.9 Å². The zero-order chi connectivity index (χ0) is 9.26. The Kier molecular flexibility index (Phi) is 2.14. The first-order valence-corrected chi connectivity index (χ1v) is 4.59. The second-order valence-electron chi connectivity index (χ2n) is 3.60. The highest BCUT2D eigenvalue weighted by molar-refractivity contribution is 5.34. The molecule has 3 N–H and O–H groups in total. The van der Waals surface area contributed by atoms with Crippen LogP contribution in [0.4, 0.5) is 5.82 Å². The molecule has 0 unspecified atom stereocenters. The summed E-state index contributed by atoms with van der Waals surface area (Å²) < 4.78 is 0. The molecule has 0 atom stereocenters. The molecule has 0 radical (unpaired) electrons.